The molecule has 1 saturated heterocycles. The summed E-state index contributed by atoms with van der Waals surface area (Å²) in [4.78, 5) is 18.4. The maximum atomic E-state index is 4.82. The van der Waals surface area contributed by atoms with Gasteiger partial charge in [-0.05, 0) is 59.0 Å². The Kier molecular flexibility index (Phi) is 5.21. The first-order valence-electron chi connectivity index (χ1n) is 8.65. The smallest absolute Gasteiger partial charge is 0.125 e. The summed E-state index contributed by atoms with van der Waals surface area (Å²) in [5.41, 5.74) is 4.78. The van der Waals surface area contributed by atoms with Gasteiger partial charge in [-0.2, -0.15) is 0 Å². The molecule has 0 amide bonds. The van der Waals surface area contributed by atoms with Crippen LogP contribution in [0.2, 0.25) is 0 Å². The quantitative estimate of drug-likeness (QED) is 0.846. The van der Waals surface area contributed by atoms with E-state index >= 15 is 0 Å². The third kappa shape index (κ3) is 3.97. The SMILES string of the molecule is Cc1ccc(CN2CCC[C@@H]2c2nc(C)ncc2CN(C)C)cn1. The molecule has 0 radical (unpaired) electrons. The van der Waals surface area contributed by atoms with Gasteiger partial charge >= 0.3 is 0 Å². The fourth-order valence-corrected chi connectivity index (χ4v) is 3.42. The Morgan fingerprint density at radius 2 is 2.00 bits per heavy atom. The van der Waals surface area contributed by atoms with Crippen LogP contribution in [-0.4, -0.2) is 45.4 Å². The maximum absolute atomic E-state index is 4.82. The lowest BCUT2D eigenvalue weighted by Crippen LogP contribution is -2.26. The van der Waals surface area contributed by atoms with Gasteiger partial charge in [0.1, 0.15) is 5.82 Å². The summed E-state index contributed by atoms with van der Waals surface area (Å²) in [6.07, 6.45) is 6.38. The first kappa shape index (κ1) is 17.0. The molecule has 3 heterocycles. The van der Waals surface area contributed by atoms with E-state index in [4.69, 9.17) is 4.98 Å². The molecule has 0 saturated carbocycles. The summed E-state index contributed by atoms with van der Waals surface area (Å²) >= 11 is 0. The number of pyridine rings is 1. The minimum absolute atomic E-state index is 0.378. The summed E-state index contributed by atoms with van der Waals surface area (Å²) < 4.78 is 0. The lowest BCUT2D eigenvalue weighted by Gasteiger charge is -2.26. The van der Waals surface area contributed by atoms with E-state index in [9.17, 15) is 0 Å². The molecule has 24 heavy (non-hydrogen) atoms. The molecule has 0 aliphatic carbocycles. The first-order chi connectivity index (χ1) is 11.5. The van der Waals surface area contributed by atoms with Crippen molar-refractivity contribution in [3.05, 3.63) is 52.9 Å². The number of hydrogen-bond acceptors (Lipinski definition) is 5. The molecule has 0 N–H and O–H groups in total. The van der Waals surface area contributed by atoms with Gasteiger partial charge in [0.2, 0.25) is 0 Å². The number of aryl methyl sites for hydroxylation is 2. The van der Waals surface area contributed by atoms with Crippen molar-refractivity contribution in [3.63, 3.8) is 0 Å². The van der Waals surface area contributed by atoms with E-state index in [2.05, 4.69) is 46.0 Å². The summed E-state index contributed by atoms with van der Waals surface area (Å²) in [6.45, 7) is 6.93. The average molecular weight is 325 g/mol. The van der Waals surface area contributed by atoms with Gasteiger partial charge in [0.05, 0.1) is 11.7 Å². The minimum atomic E-state index is 0.378. The zero-order chi connectivity index (χ0) is 17.1. The van der Waals surface area contributed by atoms with E-state index in [0.717, 1.165) is 37.6 Å². The normalized spacial score (nSPS) is 18.5. The largest absolute Gasteiger partial charge is 0.305 e. The van der Waals surface area contributed by atoms with Crippen molar-refractivity contribution in [2.24, 2.45) is 0 Å². The zero-order valence-electron chi connectivity index (χ0n) is 15.2. The highest BCUT2D eigenvalue weighted by molar-refractivity contribution is 5.23. The molecule has 1 atom stereocenters. The predicted molar refractivity (Wildman–Crippen MR) is 95.5 cm³/mol. The molecule has 0 spiro atoms. The average Bonchev–Trinajstić information content (AvgIpc) is 2.99. The fraction of sp³-hybridized carbons (Fsp3) is 0.526. The van der Waals surface area contributed by atoms with Crippen LogP contribution in [0.25, 0.3) is 0 Å². The van der Waals surface area contributed by atoms with Crippen LogP contribution in [0.1, 0.15) is 47.2 Å². The van der Waals surface area contributed by atoms with Gasteiger partial charge in [0.25, 0.3) is 0 Å². The Morgan fingerprint density at radius 3 is 2.71 bits per heavy atom. The zero-order valence-corrected chi connectivity index (χ0v) is 15.2. The molecule has 128 valence electrons. The molecule has 0 unspecified atom stereocenters. The van der Waals surface area contributed by atoms with Gasteiger partial charge in [-0.15, -0.1) is 0 Å². The first-order valence-corrected chi connectivity index (χ1v) is 8.65. The van der Waals surface area contributed by atoms with Gasteiger partial charge in [0.15, 0.2) is 0 Å². The van der Waals surface area contributed by atoms with Crippen molar-refractivity contribution < 1.29 is 0 Å². The van der Waals surface area contributed by atoms with Crippen molar-refractivity contribution in [3.8, 4) is 0 Å². The van der Waals surface area contributed by atoms with E-state index in [0.29, 0.717) is 6.04 Å². The number of hydrogen-bond donors (Lipinski definition) is 0. The monoisotopic (exact) mass is 325 g/mol. The van der Waals surface area contributed by atoms with Crippen LogP contribution < -0.4 is 0 Å². The van der Waals surface area contributed by atoms with Gasteiger partial charge < -0.3 is 4.90 Å². The molecule has 2 aromatic heterocycles. The number of nitrogens with zero attached hydrogens (tertiary/aromatic N) is 5. The predicted octanol–water partition coefficient (Wildman–Crippen LogP) is 2.89. The Hall–Kier alpha value is -1.85. The van der Waals surface area contributed by atoms with E-state index in [1.165, 1.54) is 23.2 Å². The lowest BCUT2D eigenvalue weighted by atomic mass is 10.0. The Labute approximate surface area is 144 Å². The van der Waals surface area contributed by atoms with Crippen LogP contribution in [0.15, 0.2) is 24.5 Å². The molecule has 2 aromatic rings. The van der Waals surface area contributed by atoms with Crippen molar-refractivity contribution >= 4 is 0 Å². The van der Waals surface area contributed by atoms with Crippen LogP contribution >= 0.6 is 0 Å². The maximum Gasteiger partial charge on any atom is 0.125 e. The van der Waals surface area contributed by atoms with Crippen LogP contribution in [0, 0.1) is 13.8 Å². The minimum Gasteiger partial charge on any atom is -0.305 e. The molecule has 1 aliphatic rings. The summed E-state index contributed by atoms with van der Waals surface area (Å²) in [5, 5.41) is 0. The molecule has 0 aromatic carbocycles. The summed E-state index contributed by atoms with van der Waals surface area (Å²) in [6, 6.07) is 4.65. The van der Waals surface area contributed by atoms with Crippen molar-refractivity contribution in [1.82, 2.24) is 24.8 Å². The Bertz CT molecular complexity index is 681. The fourth-order valence-electron chi connectivity index (χ4n) is 3.42. The second-order valence-electron chi connectivity index (χ2n) is 7.00. The van der Waals surface area contributed by atoms with Crippen LogP contribution in [-0.2, 0) is 13.1 Å². The lowest BCUT2D eigenvalue weighted by molar-refractivity contribution is 0.241. The molecule has 0 bridgehead atoms. The molecule has 5 nitrogen and oxygen atoms in total. The van der Waals surface area contributed by atoms with E-state index in [1.54, 1.807) is 0 Å². The molecular formula is C19H27N5. The van der Waals surface area contributed by atoms with Crippen molar-refractivity contribution in [2.45, 2.75) is 45.8 Å². The molecule has 1 aliphatic heterocycles. The summed E-state index contributed by atoms with van der Waals surface area (Å²) in [7, 11) is 4.18. The van der Waals surface area contributed by atoms with Gasteiger partial charge in [-0.3, -0.25) is 9.88 Å². The van der Waals surface area contributed by atoms with Crippen LogP contribution in [0.4, 0.5) is 0 Å². The molecule has 3 rings (SSSR count). The highest BCUT2D eigenvalue weighted by Gasteiger charge is 2.29. The van der Waals surface area contributed by atoms with Gasteiger partial charge in [-0.1, -0.05) is 6.07 Å². The number of rotatable bonds is 5. The second kappa shape index (κ2) is 7.36. The van der Waals surface area contributed by atoms with E-state index < -0.39 is 0 Å². The van der Waals surface area contributed by atoms with E-state index in [-0.39, 0.29) is 0 Å². The number of likely N-dealkylation sites (tertiary alicyclic amines) is 1. The second-order valence-corrected chi connectivity index (χ2v) is 7.00. The molecule has 1 fully saturated rings. The topological polar surface area (TPSA) is 45.2 Å². The van der Waals surface area contributed by atoms with Gasteiger partial charge in [-0.25, -0.2) is 9.97 Å². The Balaban J connectivity index is 1.84. The third-order valence-corrected chi connectivity index (χ3v) is 4.54. The summed E-state index contributed by atoms with van der Waals surface area (Å²) in [5.74, 6) is 0.858. The van der Waals surface area contributed by atoms with Crippen molar-refractivity contribution in [2.75, 3.05) is 20.6 Å². The molecule has 5 heteroatoms. The standard InChI is InChI=1S/C19H27N5/c1-14-7-8-16(10-20-14)12-24-9-5-6-18(24)19-17(13-23(3)4)11-21-15(2)22-19/h7-8,10-11,18H,5-6,9,12-13H2,1-4H3/t18-/m1/s1. The third-order valence-electron chi connectivity index (χ3n) is 4.54. The van der Waals surface area contributed by atoms with Crippen molar-refractivity contribution in [1.29, 1.82) is 0 Å². The number of aromatic nitrogens is 3. The highest BCUT2D eigenvalue weighted by Crippen LogP contribution is 2.34. The van der Waals surface area contributed by atoms with E-state index in [1.807, 2.05) is 26.2 Å². The van der Waals surface area contributed by atoms with Gasteiger partial charge in [0, 0.05) is 36.7 Å². The highest BCUT2D eigenvalue weighted by atomic mass is 15.2. The Morgan fingerprint density at radius 1 is 1.17 bits per heavy atom. The van der Waals surface area contributed by atoms with Crippen LogP contribution in [0.5, 0.6) is 0 Å². The van der Waals surface area contributed by atoms with Crippen LogP contribution in [0.3, 0.4) is 0 Å². The molecular weight excluding hydrogens is 298 g/mol.